The van der Waals surface area contributed by atoms with Crippen LogP contribution in [0.1, 0.15) is 30.9 Å². The van der Waals surface area contributed by atoms with E-state index in [2.05, 4.69) is 24.9 Å². The maximum absolute atomic E-state index is 9.08. The lowest BCUT2D eigenvalue weighted by Gasteiger charge is -2.09. The van der Waals surface area contributed by atoms with E-state index in [0.29, 0.717) is 11.1 Å². The summed E-state index contributed by atoms with van der Waals surface area (Å²) in [4.78, 5) is 4.36. The van der Waals surface area contributed by atoms with Crippen molar-refractivity contribution in [3.8, 4) is 0 Å². The predicted molar refractivity (Wildman–Crippen MR) is 66.8 cm³/mol. The van der Waals surface area contributed by atoms with Gasteiger partial charge in [-0.1, -0.05) is 31.5 Å². The van der Waals surface area contributed by atoms with Crippen molar-refractivity contribution in [1.29, 1.82) is 0 Å². The highest BCUT2D eigenvalue weighted by atomic mass is 35.5. The highest BCUT2D eigenvalue weighted by Gasteiger charge is 2.08. The third-order valence-corrected chi connectivity index (χ3v) is 2.97. The normalized spacial score (nSPS) is 11.3. The van der Waals surface area contributed by atoms with Crippen LogP contribution in [0, 0.1) is 0 Å². The molecule has 1 heterocycles. The summed E-state index contributed by atoms with van der Waals surface area (Å²) in [7, 11) is 0. The molecule has 0 unspecified atom stereocenters. The van der Waals surface area contributed by atoms with Gasteiger partial charge >= 0.3 is 0 Å². The van der Waals surface area contributed by atoms with Crippen LogP contribution in [-0.2, 0) is 6.61 Å². The topological polar surface area (TPSA) is 33.1 Å². The van der Waals surface area contributed by atoms with Crippen LogP contribution < -0.4 is 0 Å². The number of fused-ring (bicyclic) bond motifs is 1. The Morgan fingerprint density at radius 1 is 1.31 bits per heavy atom. The minimum Gasteiger partial charge on any atom is -0.392 e. The van der Waals surface area contributed by atoms with Gasteiger partial charge in [-0.3, -0.25) is 0 Å². The molecule has 1 aromatic carbocycles. The van der Waals surface area contributed by atoms with Crippen LogP contribution in [0.25, 0.3) is 10.9 Å². The molecule has 0 aliphatic rings. The SMILES string of the molecule is CC(C)c1cc2cc(CO)ccc2nc1Cl. The van der Waals surface area contributed by atoms with E-state index in [1.807, 2.05) is 18.2 Å². The number of pyridine rings is 1. The van der Waals surface area contributed by atoms with Crippen LogP contribution in [0.2, 0.25) is 5.15 Å². The number of hydrogen-bond donors (Lipinski definition) is 1. The second kappa shape index (κ2) is 4.40. The van der Waals surface area contributed by atoms with Crippen molar-refractivity contribution in [1.82, 2.24) is 4.98 Å². The molecule has 2 nitrogen and oxygen atoms in total. The van der Waals surface area contributed by atoms with Gasteiger partial charge in [0, 0.05) is 5.39 Å². The van der Waals surface area contributed by atoms with Crippen molar-refractivity contribution in [2.24, 2.45) is 0 Å². The summed E-state index contributed by atoms with van der Waals surface area (Å²) in [5.41, 5.74) is 2.81. The van der Waals surface area contributed by atoms with Crippen LogP contribution >= 0.6 is 11.6 Å². The minimum atomic E-state index is 0.0512. The van der Waals surface area contributed by atoms with E-state index >= 15 is 0 Å². The Hall–Kier alpha value is -1.12. The maximum Gasteiger partial charge on any atom is 0.133 e. The lowest BCUT2D eigenvalue weighted by atomic mass is 10.0. The standard InChI is InChI=1S/C13H14ClNO/c1-8(2)11-6-10-5-9(7-16)3-4-12(10)15-13(11)14/h3-6,8,16H,7H2,1-2H3. The van der Waals surface area contributed by atoms with Gasteiger partial charge in [-0.25, -0.2) is 4.98 Å². The van der Waals surface area contributed by atoms with Gasteiger partial charge in [0.05, 0.1) is 12.1 Å². The fourth-order valence-corrected chi connectivity index (χ4v) is 2.09. The van der Waals surface area contributed by atoms with Gasteiger partial charge in [0.2, 0.25) is 0 Å². The molecule has 1 aromatic heterocycles. The molecule has 0 atom stereocenters. The molecule has 0 spiro atoms. The summed E-state index contributed by atoms with van der Waals surface area (Å²) in [6.07, 6.45) is 0. The van der Waals surface area contributed by atoms with Gasteiger partial charge < -0.3 is 5.11 Å². The number of aromatic nitrogens is 1. The molecule has 0 radical (unpaired) electrons. The Kier molecular flexibility index (Phi) is 3.13. The van der Waals surface area contributed by atoms with Crippen LogP contribution in [0.5, 0.6) is 0 Å². The van der Waals surface area contributed by atoms with Crippen LogP contribution in [0.15, 0.2) is 24.3 Å². The zero-order chi connectivity index (χ0) is 11.7. The van der Waals surface area contributed by atoms with E-state index < -0.39 is 0 Å². The largest absolute Gasteiger partial charge is 0.392 e. The molecule has 0 amide bonds. The molecule has 0 saturated carbocycles. The summed E-state index contributed by atoms with van der Waals surface area (Å²) in [5, 5.41) is 10.7. The molecule has 0 fully saturated rings. The highest BCUT2D eigenvalue weighted by molar-refractivity contribution is 6.30. The Balaban J connectivity index is 2.65. The molecule has 0 aliphatic carbocycles. The highest BCUT2D eigenvalue weighted by Crippen LogP contribution is 2.27. The number of rotatable bonds is 2. The fraction of sp³-hybridized carbons (Fsp3) is 0.308. The molecule has 1 N–H and O–H groups in total. The first-order chi connectivity index (χ1) is 7.61. The van der Waals surface area contributed by atoms with Crippen molar-refractivity contribution in [3.63, 3.8) is 0 Å². The van der Waals surface area contributed by atoms with Crippen molar-refractivity contribution in [3.05, 3.63) is 40.5 Å². The number of hydrogen-bond acceptors (Lipinski definition) is 2. The Labute approximate surface area is 99.9 Å². The van der Waals surface area contributed by atoms with Gasteiger partial charge in [-0.15, -0.1) is 0 Å². The monoisotopic (exact) mass is 235 g/mol. The Morgan fingerprint density at radius 2 is 2.06 bits per heavy atom. The molecular formula is C13H14ClNO. The summed E-state index contributed by atoms with van der Waals surface area (Å²) < 4.78 is 0. The van der Waals surface area contributed by atoms with Gasteiger partial charge in [0.15, 0.2) is 0 Å². The predicted octanol–water partition coefficient (Wildman–Crippen LogP) is 3.50. The third-order valence-electron chi connectivity index (χ3n) is 2.66. The van der Waals surface area contributed by atoms with E-state index in [1.165, 1.54) is 0 Å². The molecule has 2 aromatic rings. The van der Waals surface area contributed by atoms with E-state index in [1.54, 1.807) is 0 Å². The summed E-state index contributed by atoms with van der Waals surface area (Å²) in [5.74, 6) is 0.349. The van der Waals surface area contributed by atoms with Crippen molar-refractivity contribution < 1.29 is 5.11 Å². The van der Waals surface area contributed by atoms with Gasteiger partial charge in [-0.2, -0.15) is 0 Å². The van der Waals surface area contributed by atoms with Gasteiger partial charge in [0.1, 0.15) is 5.15 Å². The number of aliphatic hydroxyl groups excluding tert-OH is 1. The first kappa shape index (κ1) is 11.4. The Morgan fingerprint density at radius 3 is 2.69 bits per heavy atom. The molecule has 0 saturated heterocycles. The average Bonchev–Trinajstić information content (AvgIpc) is 2.27. The van der Waals surface area contributed by atoms with Gasteiger partial charge in [0.25, 0.3) is 0 Å². The quantitative estimate of drug-likeness (QED) is 0.809. The first-order valence-corrected chi connectivity index (χ1v) is 5.69. The van der Waals surface area contributed by atoms with Crippen molar-refractivity contribution in [2.75, 3.05) is 0 Å². The fourth-order valence-electron chi connectivity index (χ4n) is 1.72. The number of nitrogens with zero attached hydrogens (tertiary/aromatic N) is 1. The molecule has 2 rings (SSSR count). The van der Waals surface area contributed by atoms with Crippen LogP contribution in [0.3, 0.4) is 0 Å². The number of benzene rings is 1. The molecule has 0 aliphatic heterocycles. The maximum atomic E-state index is 9.08. The van der Waals surface area contributed by atoms with Crippen molar-refractivity contribution in [2.45, 2.75) is 26.4 Å². The van der Waals surface area contributed by atoms with Crippen molar-refractivity contribution >= 4 is 22.5 Å². The molecule has 3 heteroatoms. The first-order valence-electron chi connectivity index (χ1n) is 5.31. The van der Waals surface area contributed by atoms with E-state index in [0.717, 1.165) is 22.0 Å². The summed E-state index contributed by atoms with van der Waals surface area (Å²) >= 11 is 6.11. The lowest BCUT2D eigenvalue weighted by Crippen LogP contribution is -1.93. The third kappa shape index (κ3) is 2.04. The summed E-state index contributed by atoms with van der Waals surface area (Å²) in [6.45, 7) is 4.23. The number of halogens is 1. The molecule has 0 bridgehead atoms. The summed E-state index contributed by atoms with van der Waals surface area (Å²) in [6, 6.07) is 7.75. The lowest BCUT2D eigenvalue weighted by molar-refractivity contribution is 0.282. The second-order valence-electron chi connectivity index (χ2n) is 4.21. The van der Waals surface area contributed by atoms with E-state index in [4.69, 9.17) is 16.7 Å². The molecule has 16 heavy (non-hydrogen) atoms. The second-order valence-corrected chi connectivity index (χ2v) is 4.57. The zero-order valence-electron chi connectivity index (χ0n) is 9.37. The molecule has 84 valence electrons. The zero-order valence-corrected chi connectivity index (χ0v) is 10.1. The minimum absolute atomic E-state index is 0.0512. The van der Waals surface area contributed by atoms with E-state index in [-0.39, 0.29) is 6.61 Å². The van der Waals surface area contributed by atoms with E-state index in [9.17, 15) is 0 Å². The smallest absolute Gasteiger partial charge is 0.133 e. The van der Waals surface area contributed by atoms with Crippen LogP contribution in [-0.4, -0.2) is 10.1 Å². The average molecular weight is 236 g/mol. The van der Waals surface area contributed by atoms with Crippen LogP contribution in [0.4, 0.5) is 0 Å². The number of aliphatic hydroxyl groups is 1. The Bertz CT molecular complexity index is 523. The van der Waals surface area contributed by atoms with Gasteiger partial charge in [-0.05, 0) is 35.2 Å². The molecular weight excluding hydrogens is 222 g/mol.